The number of carbonyl (C=O) groups is 1. The Morgan fingerprint density at radius 3 is 2.65 bits per heavy atom. The first-order valence-corrected chi connectivity index (χ1v) is 10.8. The van der Waals surface area contributed by atoms with Crippen LogP contribution in [-0.4, -0.2) is 27.5 Å². The molecule has 172 valence electrons. The minimum Gasteiger partial charge on any atom is -0.350 e. The third-order valence-electron chi connectivity index (χ3n) is 7.13. The standard InChI is InChI=1S/C25H19F3N4O2/c1-31-12-15(17-11-24(17)16-5-3-4-6-19(16)32(2)23(24)34)14-10-18(30-21(14)22(31)33)13-7-8-29-20(9-13)25(26,27)28/h3-10,12,17,30H,11H2,1-2H3. The van der Waals surface area contributed by atoms with Crippen molar-refractivity contribution in [2.24, 2.45) is 7.05 Å². The monoisotopic (exact) mass is 464 g/mol. The molecule has 34 heavy (non-hydrogen) atoms. The van der Waals surface area contributed by atoms with Crippen LogP contribution in [0.15, 0.2) is 59.7 Å². The summed E-state index contributed by atoms with van der Waals surface area (Å²) in [6, 6.07) is 11.8. The summed E-state index contributed by atoms with van der Waals surface area (Å²) < 4.78 is 41.0. The van der Waals surface area contributed by atoms with Crippen LogP contribution in [0.2, 0.25) is 0 Å². The van der Waals surface area contributed by atoms with Crippen molar-refractivity contribution in [1.29, 1.82) is 0 Å². The summed E-state index contributed by atoms with van der Waals surface area (Å²) in [6.07, 6.45) is -1.13. The van der Waals surface area contributed by atoms with Crippen LogP contribution in [0.5, 0.6) is 0 Å². The highest BCUT2D eigenvalue weighted by Crippen LogP contribution is 2.66. The van der Waals surface area contributed by atoms with Crippen LogP contribution in [0.4, 0.5) is 18.9 Å². The second-order valence-electron chi connectivity index (χ2n) is 9.01. The molecule has 3 aromatic heterocycles. The number of nitrogens with zero attached hydrogens (tertiary/aromatic N) is 3. The molecule has 4 aromatic rings. The Labute approximate surface area is 191 Å². The molecule has 4 heterocycles. The quantitative estimate of drug-likeness (QED) is 0.480. The molecule has 9 heteroatoms. The molecule has 0 bridgehead atoms. The average molecular weight is 464 g/mol. The summed E-state index contributed by atoms with van der Waals surface area (Å²) >= 11 is 0. The molecule has 1 aromatic carbocycles. The van der Waals surface area contributed by atoms with Gasteiger partial charge in [-0.15, -0.1) is 0 Å². The van der Waals surface area contributed by atoms with E-state index in [1.165, 1.54) is 10.6 Å². The lowest BCUT2D eigenvalue weighted by molar-refractivity contribution is -0.141. The number of benzene rings is 1. The number of H-pyrrole nitrogens is 1. The molecule has 2 aliphatic rings. The first-order chi connectivity index (χ1) is 16.1. The SMILES string of the molecule is CN1C(=O)C2(CC2c2cn(C)c(=O)c3[nH]c(-c4ccnc(C(F)(F)F)c4)cc23)c2ccccc21. The minimum absolute atomic E-state index is 0.0143. The van der Waals surface area contributed by atoms with Crippen molar-refractivity contribution >= 4 is 22.5 Å². The maximum atomic E-state index is 13.3. The summed E-state index contributed by atoms with van der Waals surface area (Å²) in [7, 11) is 3.39. The van der Waals surface area contributed by atoms with Crippen LogP contribution in [0, 0.1) is 0 Å². The van der Waals surface area contributed by atoms with E-state index in [-0.39, 0.29) is 22.9 Å². The summed E-state index contributed by atoms with van der Waals surface area (Å²) in [4.78, 5) is 34.3. The zero-order valence-electron chi connectivity index (χ0n) is 18.3. The summed E-state index contributed by atoms with van der Waals surface area (Å²) in [6.45, 7) is 0. The number of aromatic amines is 1. The summed E-state index contributed by atoms with van der Waals surface area (Å²) in [5.74, 6) is -0.132. The van der Waals surface area contributed by atoms with E-state index in [1.807, 2.05) is 24.3 Å². The summed E-state index contributed by atoms with van der Waals surface area (Å²) in [5, 5.41) is 0.616. The molecule has 1 fully saturated rings. The second-order valence-corrected chi connectivity index (χ2v) is 9.01. The van der Waals surface area contributed by atoms with Gasteiger partial charge in [0.25, 0.3) is 5.56 Å². The molecule has 1 spiro atoms. The molecule has 1 saturated carbocycles. The zero-order valence-corrected chi connectivity index (χ0v) is 18.3. The number of nitrogens with one attached hydrogen (secondary N) is 1. The minimum atomic E-state index is -4.58. The predicted molar refractivity (Wildman–Crippen MR) is 121 cm³/mol. The highest BCUT2D eigenvalue weighted by molar-refractivity contribution is 6.11. The van der Waals surface area contributed by atoms with Gasteiger partial charge in [-0.1, -0.05) is 18.2 Å². The molecule has 1 amide bonds. The summed E-state index contributed by atoms with van der Waals surface area (Å²) in [5.41, 5.74) is 1.65. The van der Waals surface area contributed by atoms with Crippen molar-refractivity contribution in [3.63, 3.8) is 0 Å². The number of halogens is 3. The molecule has 0 saturated heterocycles. The van der Waals surface area contributed by atoms with Gasteiger partial charge in [0.05, 0.1) is 5.41 Å². The van der Waals surface area contributed by atoms with Gasteiger partial charge in [-0.25, -0.2) is 0 Å². The first kappa shape index (κ1) is 20.7. The number of anilines is 1. The van der Waals surface area contributed by atoms with E-state index < -0.39 is 17.3 Å². The molecule has 0 radical (unpaired) electrons. The van der Waals surface area contributed by atoms with Crippen LogP contribution >= 0.6 is 0 Å². The number of pyridine rings is 2. The van der Waals surface area contributed by atoms with Crippen molar-refractivity contribution in [1.82, 2.24) is 14.5 Å². The third-order valence-corrected chi connectivity index (χ3v) is 7.13. The van der Waals surface area contributed by atoms with Crippen molar-refractivity contribution < 1.29 is 18.0 Å². The van der Waals surface area contributed by atoms with Gasteiger partial charge in [-0.2, -0.15) is 13.2 Å². The Morgan fingerprint density at radius 1 is 1.12 bits per heavy atom. The normalized spacial score (nSPS) is 21.5. The number of amides is 1. The van der Waals surface area contributed by atoms with Gasteiger partial charge in [0.1, 0.15) is 11.2 Å². The smallest absolute Gasteiger partial charge is 0.350 e. The predicted octanol–water partition coefficient (Wildman–Crippen LogP) is 4.35. The Bertz CT molecular complexity index is 1570. The van der Waals surface area contributed by atoms with Gasteiger partial charge in [-0.05, 0) is 41.8 Å². The topological polar surface area (TPSA) is 71.0 Å². The van der Waals surface area contributed by atoms with Gasteiger partial charge in [0.2, 0.25) is 5.91 Å². The van der Waals surface area contributed by atoms with Crippen molar-refractivity contribution in [2.45, 2.75) is 23.9 Å². The Balaban J connectivity index is 1.51. The van der Waals surface area contributed by atoms with E-state index in [0.717, 1.165) is 29.1 Å². The Hall–Kier alpha value is -3.88. The van der Waals surface area contributed by atoms with Gasteiger partial charge in [0.15, 0.2) is 0 Å². The molecule has 1 N–H and O–H groups in total. The third kappa shape index (κ3) is 2.66. The molecule has 2 atom stereocenters. The van der Waals surface area contributed by atoms with Gasteiger partial charge >= 0.3 is 6.18 Å². The number of carbonyl (C=O) groups excluding carboxylic acids is 1. The van der Waals surface area contributed by atoms with E-state index in [2.05, 4.69) is 9.97 Å². The lowest BCUT2D eigenvalue weighted by atomic mass is 9.91. The van der Waals surface area contributed by atoms with E-state index in [4.69, 9.17) is 0 Å². The van der Waals surface area contributed by atoms with Gasteiger partial charge < -0.3 is 14.5 Å². The van der Waals surface area contributed by atoms with Crippen molar-refractivity contribution in [3.8, 4) is 11.3 Å². The lowest BCUT2D eigenvalue weighted by Gasteiger charge is -2.12. The first-order valence-electron chi connectivity index (χ1n) is 10.8. The highest BCUT2D eigenvalue weighted by atomic mass is 19.4. The number of fused-ring (bicyclic) bond motifs is 3. The number of rotatable bonds is 2. The molecule has 6 rings (SSSR count). The maximum Gasteiger partial charge on any atom is 0.433 e. The van der Waals surface area contributed by atoms with Crippen molar-refractivity contribution in [2.75, 3.05) is 11.9 Å². The number of aryl methyl sites for hydroxylation is 1. The molecule has 6 nitrogen and oxygen atoms in total. The van der Waals surface area contributed by atoms with E-state index >= 15 is 0 Å². The number of aromatic nitrogens is 3. The molecular weight excluding hydrogens is 445 g/mol. The fourth-order valence-electron chi connectivity index (χ4n) is 5.39. The number of hydrogen-bond donors (Lipinski definition) is 1. The number of alkyl halides is 3. The fraction of sp³-hybridized carbons (Fsp3) is 0.240. The molecule has 1 aliphatic heterocycles. The number of hydrogen-bond acceptors (Lipinski definition) is 3. The largest absolute Gasteiger partial charge is 0.433 e. The zero-order chi connectivity index (χ0) is 24.0. The second kappa shape index (κ2) is 6.59. The Kier molecular flexibility index (Phi) is 4.01. The van der Waals surface area contributed by atoms with E-state index in [1.54, 1.807) is 31.3 Å². The molecular formula is C25H19F3N4O2. The van der Waals surface area contributed by atoms with Crippen LogP contribution in [0.3, 0.4) is 0 Å². The number of likely N-dealkylation sites (N-methyl/N-ethyl adjacent to an activating group) is 1. The lowest BCUT2D eigenvalue weighted by Crippen LogP contribution is -2.29. The van der Waals surface area contributed by atoms with Crippen LogP contribution in [0.1, 0.15) is 29.2 Å². The average Bonchev–Trinajstić information content (AvgIpc) is 3.34. The van der Waals surface area contributed by atoms with Crippen LogP contribution in [0.25, 0.3) is 22.2 Å². The number of para-hydroxylation sites is 1. The van der Waals surface area contributed by atoms with Crippen molar-refractivity contribution in [3.05, 3.63) is 82.0 Å². The molecule has 2 unspecified atom stereocenters. The van der Waals surface area contributed by atoms with Crippen LogP contribution in [-0.2, 0) is 23.4 Å². The van der Waals surface area contributed by atoms with Crippen LogP contribution < -0.4 is 10.5 Å². The van der Waals surface area contributed by atoms with E-state index in [0.29, 0.717) is 23.0 Å². The van der Waals surface area contributed by atoms with Gasteiger partial charge in [0, 0.05) is 54.7 Å². The highest BCUT2D eigenvalue weighted by Gasteiger charge is 2.67. The fourth-order valence-corrected chi connectivity index (χ4v) is 5.39. The maximum absolute atomic E-state index is 13.3. The van der Waals surface area contributed by atoms with E-state index in [9.17, 15) is 22.8 Å². The Morgan fingerprint density at radius 2 is 1.88 bits per heavy atom. The van der Waals surface area contributed by atoms with Gasteiger partial charge in [-0.3, -0.25) is 14.6 Å². The molecule has 1 aliphatic carbocycles.